The number of nitrogens with two attached hydrogens (primary N) is 1. The Morgan fingerprint density at radius 1 is 1.55 bits per heavy atom. The Labute approximate surface area is 66.6 Å². The van der Waals surface area contributed by atoms with Crippen molar-refractivity contribution >= 4 is 5.97 Å². The van der Waals surface area contributed by atoms with Crippen molar-refractivity contribution in [2.75, 3.05) is 0 Å². The highest BCUT2D eigenvalue weighted by Gasteiger charge is 2.33. The van der Waals surface area contributed by atoms with Gasteiger partial charge in [0.1, 0.15) is 0 Å². The van der Waals surface area contributed by atoms with Crippen molar-refractivity contribution in [3.05, 3.63) is 0 Å². The summed E-state index contributed by atoms with van der Waals surface area (Å²) in [7, 11) is 0. The number of carboxylic acid groups (broad SMARTS) is 1. The molecule has 0 spiro atoms. The Balaban J connectivity index is 2.62. The van der Waals surface area contributed by atoms with Crippen LogP contribution in [0.4, 0.5) is 0 Å². The molecule has 3 nitrogen and oxygen atoms in total. The summed E-state index contributed by atoms with van der Waals surface area (Å²) in [6.45, 7) is 1.97. The van der Waals surface area contributed by atoms with E-state index in [1.807, 2.05) is 6.92 Å². The first kappa shape index (κ1) is 8.53. The first-order valence-electron chi connectivity index (χ1n) is 4.11. The van der Waals surface area contributed by atoms with Crippen LogP contribution in [0.25, 0.3) is 0 Å². The molecule has 1 aliphatic rings. The SMILES string of the molecule is C[C@@H]1CCC[C@H](N)[C@@H]1C(=O)O. The summed E-state index contributed by atoms with van der Waals surface area (Å²) in [5, 5.41) is 8.80. The van der Waals surface area contributed by atoms with Crippen LogP contribution in [-0.2, 0) is 4.79 Å². The molecule has 1 aliphatic carbocycles. The molecular weight excluding hydrogens is 142 g/mol. The average Bonchev–Trinajstić information content (AvgIpc) is 1.85. The molecule has 11 heavy (non-hydrogen) atoms. The second-order valence-electron chi connectivity index (χ2n) is 3.44. The fourth-order valence-corrected chi connectivity index (χ4v) is 1.88. The molecule has 3 heteroatoms. The second-order valence-corrected chi connectivity index (χ2v) is 3.44. The van der Waals surface area contributed by atoms with Gasteiger partial charge in [-0.05, 0) is 18.8 Å². The van der Waals surface area contributed by atoms with Crippen molar-refractivity contribution in [3.8, 4) is 0 Å². The van der Waals surface area contributed by atoms with Gasteiger partial charge in [0, 0.05) is 6.04 Å². The third kappa shape index (κ3) is 1.71. The Kier molecular flexibility index (Phi) is 2.49. The highest BCUT2D eigenvalue weighted by molar-refractivity contribution is 5.71. The first-order chi connectivity index (χ1) is 5.13. The lowest BCUT2D eigenvalue weighted by molar-refractivity contribution is -0.145. The van der Waals surface area contributed by atoms with E-state index in [9.17, 15) is 4.79 Å². The summed E-state index contributed by atoms with van der Waals surface area (Å²) >= 11 is 0. The molecule has 1 fully saturated rings. The normalized spacial score (nSPS) is 38.5. The van der Waals surface area contributed by atoms with Crippen LogP contribution in [0.5, 0.6) is 0 Å². The van der Waals surface area contributed by atoms with Gasteiger partial charge in [-0.15, -0.1) is 0 Å². The highest BCUT2D eigenvalue weighted by Crippen LogP contribution is 2.28. The fourth-order valence-electron chi connectivity index (χ4n) is 1.88. The topological polar surface area (TPSA) is 63.3 Å². The van der Waals surface area contributed by atoms with E-state index in [0.717, 1.165) is 19.3 Å². The zero-order chi connectivity index (χ0) is 8.43. The van der Waals surface area contributed by atoms with Crippen LogP contribution in [-0.4, -0.2) is 17.1 Å². The minimum Gasteiger partial charge on any atom is -0.481 e. The predicted molar refractivity (Wildman–Crippen MR) is 42.1 cm³/mol. The van der Waals surface area contributed by atoms with Crippen molar-refractivity contribution in [1.82, 2.24) is 0 Å². The molecule has 0 saturated heterocycles. The Hall–Kier alpha value is -0.570. The quantitative estimate of drug-likeness (QED) is 0.592. The third-order valence-electron chi connectivity index (χ3n) is 2.56. The molecule has 0 aliphatic heterocycles. The maximum absolute atomic E-state index is 10.7. The average molecular weight is 157 g/mol. The molecular formula is C8H15NO2. The Bertz CT molecular complexity index is 148. The van der Waals surface area contributed by atoms with Gasteiger partial charge < -0.3 is 10.8 Å². The third-order valence-corrected chi connectivity index (χ3v) is 2.56. The molecule has 0 aromatic rings. The number of aliphatic carboxylic acids is 1. The molecule has 0 aromatic heterocycles. The molecule has 0 bridgehead atoms. The van der Waals surface area contributed by atoms with Gasteiger partial charge in [0.2, 0.25) is 0 Å². The van der Waals surface area contributed by atoms with Gasteiger partial charge in [-0.1, -0.05) is 13.3 Å². The van der Waals surface area contributed by atoms with Gasteiger partial charge in [0.05, 0.1) is 5.92 Å². The Morgan fingerprint density at radius 2 is 2.18 bits per heavy atom. The summed E-state index contributed by atoms with van der Waals surface area (Å²) in [5.74, 6) is -0.801. The molecule has 1 saturated carbocycles. The van der Waals surface area contributed by atoms with Gasteiger partial charge >= 0.3 is 5.97 Å². The summed E-state index contributed by atoms with van der Waals surface area (Å²) in [6, 6.07) is -0.128. The molecule has 0 unspecified atom stereocenters. The van der Waals surface area contributed by atoms with E-state index >= 15 is 0 Å². The highest BCUT2D eigenvalue weighted by atomic mass is 16.4. The summed E-state index contributed by atoms with van der Waals surface area (Å²) in [4.78, 5) is 10.7. The number of rotatable bonds is 1. The lowest BCUT2D eigenvalue weighted by Crippen LogP contribution is -2.42. The fraction of sp³-hybridized carbons (Fsp3) is 0.875. The molecule has 0 radical (unpaired) electrons. The number of carboxylic acids is 1. The van der Waals surface area contributed by atoms with Crippen LogP contribution >= 0.6 is 0 Å². The van der Waals surface area contributed by atoms with E-state index < -0.39 is 5.97 Å². The van der Waals surface area contributed by atoms with Crippen molar-refractivity contribution in [2.24, 2.45) is 17.6 Å². The number of carbonyl (C=O) groups is 1. The van der Waals surface area contributed by atoms with E-state index in [4.69, 9.17) is 10.8 Å². The van der Waals surface area contributed by atoms with Crippen LogP contribution in [0, 0.1) is 11.8 Å². The zero-order valence-electron chi connectivity index (χ0n) is 6.79. The molecule has 0 amide bonds. The van der Waals surface area contributed by atoms with Gasteiger partial charge in [-0.2, -0.15) is 0 Å². The van der Waals surface area contributed by atoms with E-state index in [1.54, 1.807) is 0 Å². The van der Waals surface area contributed by atoms with Gasteiger partial charge in [0.25, 0.3) is 0 Å². The molecule has 0 aromatic carbocycles. The maximum Gasteiger partial charge on any atom is 0.308 e. The number of hydrogen-bond donors (Lipinski definition) is 2. The molecule has 3 N–H and O–H groups in total. The molecule has 3 atom stereocenters. The second kappa shape index (κ2) is 3.22. The maximum atomic E-state index is 10.7. The monoisotopic (exact) mass is 157 g/mol. The lowest BCUT2D eigenvalue weighted by Gasteiger charge is -2.30. The van der Waals surface area contributed by atoms with E-state index in [-0.39, 0.29) is 17.9 Å². The van der Waals surface area contributed by atoms with Gasteiger partial charge in [-0.3, -0.25) is 4.79 Å². The van der Waals surface area contributed by atoms with Crippen LogP contribution in [0.3, 0.4) is 0 Å². The zero-order valence-corrected chi connectivity index (χ0v) is 6.79. The van der Waals surface area contributed by atoms with Crippen molar-refractivity contribution < 1.29 is 9.90 Å². The summed E-state index contributed by atoms with van der Waals surface area (Å²) < 4.78 is 0. The first-order valence-corrected chi connectivity index (χ1v) is 4.11. The number of hydrogen-bond acceptors (Lipinski definition) is 2. The van der Waals surface area contributed by atoms with Crippen LogP contribution in [0.15, 0.2) is 0 Å². The molecule has 1 rings (SSSR count). The van der Waals surface area contributed by atoms with Crippen molar-refractivity contribution in [1.29, 1.82) is 0 Å². The largest absolute Gasteiger partial charge is 0.481 e. The minimum absolute atomic E-state index is 0.128. The van der Waals surface area contributed by atoms with Gasteiger partial charge in [-0.25, -0.2) is 0 Å². The molecule has 64 valence electrons. The van der Waals surface area contributed by atoms with E-state index in [1.165, 1.54) is 0 Å². The van der Waals surface area contributed by atoms with Gasteiger partial charge in [0.15, 0.2) is 0 Å². The lowest BCUT2D eigenvalue weighted by atomic mass is 9.77. The van der Waals surface area contributed by atoms with E-state index in [2.05, 4.69) is 0 Å². The van der Waals surface area contributed by atoms with Crippen LogP contribution in [0.1, 0.15) is 26.2 Å². The summed E-state index contributed by atoms with van der Waals surface area (Å²) in [6.07, 6.45) is 2.94. The Morgan fingerprint density at radius 3 is 2.55 bits per heavy atom. The van der Waals surface area contributed by atoms with Crippen LogP contribution < -0.4 is 5.73 Å². The predicted octanol–water partition coefficient (Wildman–Crippen LogP) is 0.834. The van der Waals surface area contributed by atoms with Crippen LogP contribution in [0.2, 0.25) is 0 Å². The smallest absolute Gasteiger partial charge is 0.308 e. The molecule has 0 heterocycles. The van der Waals surface area contributed by atoms with Crippen molar-refractivity contribution in [3.63, 3.8) is 0 Å². The standard InChI is InChI=1S/C8H15NO2/c1-5-3-2-4-6(9)7(5)8(10)11/h5-7H,2-4,9H2,1H3,(H,10,11)/t5-,6+,7-/m1/s1. The summed E-state index contributed by atoms with van der Waals surface area (Å²) in [5.41, 5.74) is 5.69. The minimum atomic E-state index is -0.732. The van der Waals surface area contributed by atoms with Crippen molar-refractivity contribution in [2.45, 2.75) is 32.2 Å². The van der Waals surface area contributed by atoms with E-state index in [0.29, 0.717) is 0 Å².